The summed E-state index contributed by atoms with van der Waals surface area (Å²) in [7, 11) is 0. The molecule has 1 aromatic carbocycles. The molecule has 0 aliphatic carbocycles. The van der Waals surface area contributed by atoms with Crippen molar-refractivity contribution in [3.05, 3.63) is 46.2 Å². The summed E-state index contributed by atoms with van der Waals surface area (Å²) in [5.41, 5.74) is 2.90. The highest BCUT2D eigenvalue weighted by Crippen LogP contribution is 2.31. The normalized spacial score (nSPS) is 14.0. The Labute approximate surface area is 146 Å². The van der Waals surface area contributed by atoms with Gasteiger partial charge in [0.25, 0.3) is 5.91 Å². The SMILES string of the molecule is CC(C)CCN1C(=O)CCc2cc(NC(=O)c3cccs3)ccc21. The van der Waals surface area contributed by atoms with E-state index in [0.29, 0.717) is 17.2 Å². The molecule has 1 aliphatic heterocycles. The zero-order valence-corrected chi connectivity index (χ0v) is 14.9. The molecule has 126 valence electrons. The molecule has 24 heavy (non-hydrogen) atoms. The first-order valence-corrected chi connectivity index (χ1v) is 9.20. The molecule has 2 aromatic rings. The van der Waals surface area contributed by atoms with Gasteiger partial charge in [0, 0.05) is 24.3 Å². The van der Waals surface area contributed by atoms with Crippen LogP contribution in [0.2, 0.25) is 0 Å². The standard InChI is InChI=1S/C19H22N2O2S/c1-13(2)9-10-21-16-7-6-15(12-14(16)5-8-18(21)22)20-19(23)17-4-3-11-24-17/h3-4,6-7,11-13H,5,8-10H2,1-2H3,(H,20,23). The number of carbonyl (C=O) groups excluding carboxylic acids is 2. The highest BCUT2D eigenvalue weighted by molar-refractivity contribution is 7.12. The van der Waals surface area contributed by atoms with Gasteiger partial charge in [0.15, 0.2) is 0 Å². The Hall–Kier alpha value is -2.14. The van der Waals surface area contributed by atoms with Crippen molar-refractivity contribution in [2.75, 3.05) is 16.8 Å². The van der Waals surface area contributed by atoms with Crippen molar-refractivity contribution in [3.8, 4) is 0 Å². The number of thiophene rings is 1. The molecule has 0 saturated carbocycles. The fourth-order valence-electron chi connectivity index (χ4n) is 2.87. The van der Waals surface area contributed by atoms with Crippen molar-refractivity contribution in [1.29, 1.82) is 0 Å². The molecule has 5 heteroatoms. The molecular formula is C19H22N2O2S. The maximum absolute atomic E-state index is 12.2. The minimum Gasteiger partial charge on any atom is -0.321 e. The van der Waals surface area contributed by atoms with E-state index in [-0.39, 0.29) is 11.8 Å². The summed E-state index contributed by atoms with van der Waals surface area (Å²) in [5.74, 6) is 0.666. The Morgan fingerprint density at radius 1 is 1.29 bits per heavy atom. The van der Waals surface area contributed by atoms with Crippen LogP contribution in [-0.2, 0) is 11.2 Å². The monoisotopic (exact) mass is 342 g/mol. The van der Waals surface area contributed by atoms with Gasteiger partial charge < -0.3 is 10.2 Å². The van der Waals surface area contributed by atoms with E-state index in [1.165, 1.54) is 11.3 Å². The Morgan fingerprint density at radius 3 is 2.83 bits per heavy atom. The second kappa shape index (κ2) is 7.18. The number of nitrogens with zero attached hydrogens (tertiary/aromatic N) is 1. The number of benzene rings is 1. The second-order valence-electron chi connectivity index (χ2n) is 6.50. The Balaban J connectivity index is 1.78. The zero-order chi connectivity index (χ0) is 17.1. The molecule has 1 aromatic heterocycles. The number of hydrogen-bond donors (Lipinski definition) is 1. The minimum absolute atomic E-state index is 0.0894. The molecule has 0 atom stereocenters. The molecule has 3 rings (SSSR count). The number of aryl methyl sites for hydroxylation is 1. The van der Waals surface area contributed by atoms with Crippen LogP contribution in [0.1, 0.15) is 41.9 Å². The highest BCUT2D eigenvalue weighted by atomic mass is 32.1. The second-order valence-corrected chi connectivity index (χ2v) is 7.45. The molecule has 0 unspecified atom stereocenters. The highest BCUT2D eigenvalue weighted by Gasteiger charge is 2.24. The van der Waals surface area contributed by atoms with Gasteiger partial charge in [-0.05, 0) is 54.0 Å². The number of hydrogen-bond acceptors (Lipinski definition) is 3. The van der Waals surface area contributed by atoms with Gasteiger partial charge in [-0.2, -0.15) is 0 Å². The lowest BCUT2D eigenvalue weighted by Gasteiger charge is -2.30. The van der Waals surface area contributed by atoms with Crippen LogP contribution in [0.25, 0.3) is 0 Å². The van der Waals surface area contributed by atoms with E-state index < -0.39 is 0 Å². The third kappa shape index (κ3) is 3.67. The molecule has 2 amide bonds. The van der Waals surface area contributed by atoms with Gasteiger partial charge in [0.05, 0.1) is 4.88 Å². The first-order valence-electron chi connectivity index (χ1n) is 8.32. The third-order valence-corrected chi connectivity index (χ3v) is 5.08. The van der Waals surface area contributed by atoms with E-state index in [9.17, 15) is 9.59 Å². The molecular weight excluding hydrogens is 320 g/mol. The van der Waals surface area contributed by atoms with Gasteiger partial charge in [-0.25, -0.2) is 0 Å². The Kier molecular flexibility index (Phi) is 5.00. The fourth-order valence-corrected chi connectivity index (χ4v) is 3.49. The quantitative estimate of drug-likeness (QED) is 0.879. The lowest BCUT2D eigenvalue weighted by Crippen LogP contribution is -2.36. The fraction of sp³-hybridized carbons (Fsp3) is 0.368. The number of rotatable bonds is 5. The van der Waals surface area contributed by atoms with Crippen LogP contribution in [0.5, 0.6) is 0 Å². The number of fused-ring (bicyclic) bond motifs is 1. The van der Waals surface area contributed by atoms with Crippen LogP contribution in [0.15, 0.2) is 35.7 Å². The first-order chi connectivity index (χ1) is 11.5. The summed E-state index contributed by atoms with van der Waals surface area (Å²) in [5, 5.41) is 4.83. The van der Waals surface area contributed by atoms with Crippen molar-refractivity contribution < 1.29 is 9.59 Å². The number of anilines is 2. The molecule has 1 aliphatic rings. The van der Waals surface area contributed by atoms with Crippen LogP contribution in [0.3, 0.4) is 0 Å². The summed E-state index contributed by atoms with van der Waals surface area (Å²) in [6.45, 7) is 5.08. The molecule has 1 N–H and O–H groups in total. The summed E-state index contributed by atoms with van der Waals surface area (Å²) in [4.78, 5) is 27.0. The summed E-state index contributed by atoms with van der Waals surface area (Å²) in [6.07, 6.45) is 2.25. The van der Waals surface area contributed by atoms with Gasteiger partial charge in [0.2, 0.25) is 5.91 Å². The number of amides is 2. The zero-order valence-electron chi connectivity index (χ0n) is 14.0. The van der Waals surface area contributed by atoms with Crippen LogP contribution >= 0.6 is 11.3 Å². The summed E-state index contributed by atoms with van der Waals surface area (Å²) in [6, 6.07) is 9.51. The van der Waals surface area contributed by atoms with Crippen molar-refractivity contribution in [2.24, 2.45) is 5.92 Å². The minimum atomic E-state index is -0.0894. The molecule has 4 nitrogen and oxygen atoms in total. The predicted octanol–water partition coefficient (Wildman–Crippen LogP) is 4.33. The average Bonchev–Trinajstić information content (AvgIpc) is 3.08. The predicted molar refractivity (Wildman–Crippen MR) is 98.8 cm³/mol. The lowest BCUT2D eigenvalue weighted by molar-refractivity contribution is -0.118. The van der Waals surface area contributed by atoms with Crippen molar-refractivity contribution in [1.82, 2.24) is 0 Å². The van der Waals surface area contributed by atoms with Crippen LogP contribution in [0.4, 0.5) is 11.4 Å². The van der Waals surface area contributed by atoms with Crippen molar-refractivity contribution in [2.45, 2.75) is 33.1 Å². The van der Waals surface area contributed by atoms with Gasteiger partial charge >= 0.3 is 0 Å². The molecule has 0 bridgehead atoms. The molecule has 2 heterocycles. The number of nitrogens with one attached hydrogen (secondary N) is 1. The van der Waals surface area contributed by atoms with Gasteiger partial charge in [-0.3, -0.25) is 9.59 Å². The molecule has 0 saturated heterocycles. The Bertz CT molecular complexity index is 738. The largest absolute Gasteiger partial charge is 0.321 e. The molecule has 0 spiro atoms. The van der Waals surface area contributed by atoms with Gasteiger partial charge in [0.1, 0.15) is 0 Å². The summed E-state index contributed by atoms with van der Waals surface area (Å²) >= 11 is 1.42. The van der Waals surface area contributed by atoms with E-state index in [4.69, 9.17) is 0 Å². The van der Waals surface area contributed by atoms with Crippen LogP contribution in [-0.4, -0.2) is 18.4 Å². The maximum Gasteiger partial charge on any atom is 0.265 e. The van der Waals surface area contributed by atoms with Crippen LogP contribution in [0, 0.1) is 5.92 Å². The third-order valence-electron chi connectivity index (χ3n) is 4.21. The summed E-state index contributed by atoms with van der Waals surface area (Å²) < 4.78 is 0. The van der Waals surface area contributed by atoms with E-state index in [0.717, 1.165) is 36.3 Å². The van der Waals surface area contributed by atoms with E-state index in [1.54, 1.807) is 0 Å². The van der Waals surface area contributed by atoms with Gasteiger partial charge in [-0.15, -0.1) is 11.3 Å². The van der Waals surface area contributed by atoms with Gasteiger partial charge in [-0.1, -0.05) is 19.9 Å². The Morgan fingerprint density at radius 2 is 2.12 bits per heavy atom. The van der Waals surface area contributed by atoms with E-state index >= 15 is 0 Å². The average molecular weight is 342 g/mol. The van der Waals surface area contributed by atoms with Crippen molar-refractivity contribution in [3.63, 3.8) is 0 Å². The molecule has 0 fully saturated rings. The van der Waals surface area contributed by atoms with Crippen LogP contribution < -0.4 is 10.2 Å². The lowest BCUT2D eigenvalue weighted by atomic mass is 9.99. The number of carbonyl (C=O) groups is 2. The first kappa shape index (κ1) is 16.7. The van der Waals surface area contributed by atoms with Crippen molar-refractivity contribution >= 4 is 34.5 Å². The molecule has 0 radical (unpaired) electrons. The maximum atomic E-state index is 12.2. The van der Waals surface area contributed by atoms with E-state index in [2.05, 4.69) is 19.2 Å². The van der Waals surface area contributed by atoms with E-state index in [1.807, 2.05) is 40.6 Å². The topological polar surface area (TPSA) is 49.4 Å². The smallest absolute Gasteiger partial charge is 0.265 e.